The number of benzene rings is 1. The number of ketones is 1. The van der Waals surface area contributed by atoms with Crippen LogP contribution in [-0.4, -0.2) is 36.3 Å². The van der Waals surface area contributed by atoms with Crippen LogP contribution in [0.25, 0.3) is 11.3 Å². The van der Waals surface area contributed by atoms with Gasteiger partial charge in [-0.25, -0.2) is 0 Å². The predicted molar refractivity (Wildman–Crippen MR) is 94.5 cm³/mol. The Labute approximate surface area is 150 Å². The molecule has 3 aliphatic rings. The number of nitrogens with zero attached hydrogens (tertiary/aromatic N) is 1. The molecule has 5 rings (SSSR count). The van der Waals surface area contributed by atoms with Crippen LogP contribution in [0.4, 0.5) is 0 Å². The van der Waals surface area contributed by atoms with Crippen LogP contribution >= 0.6 is 0 Å². The number of hydrogen-bond donors (Lipinski definition) is 1. The number of nitrogens with one attached hydrogen (secondary N) is 1. The van der Waals surface area contributed by atoms with Crippen molar-refractivity contribution in [1.82, 2.24) is 10.3 Å². The minimum atomic E-state index is -0.790. The third kappa shape index (κ3) is 2.29. The fourth-order valence-corrected chi connectivity index (χ4v) is 3.80. The van der Waals surface area contributed by atoms with E-state index in [2.05, 4.69) is 10.3 Å². The fourth-order valence-electron chi connectivity index (χ4n) is 3.80. The summed E-state index contributed by atoms with van der Waals surface area (Å²) >= 11 is 0. The van der Waals surface area contributed by atoms with Gasteiger partial charge in [-0.3, -0.25) is 9.78 Å². The number of hydrogen-bond acceptors (Lipinski definition) is 6. The second kappa shape index (κ2) is 5.85. The number of aromatic nitrogens is 1. The van der Waals surface area contributed by atoms with Crippen LogP contribution < -0.4 is 14.8 Å². The summed E-state index contributed by atoms with van der Waals surface area (Å²) in [5, 5.41) is 3.30. The quantitative estimate of drug-likeness (QED) is 0.897. The summed E-state index contributed by atoms with van der Waals surface area (Å²) in [4.78, 5) is 17.6. The molecule has 1 aromatic heterocycles. The molecule has 1 fully saturated rings. The van der Waals surface area contributed by atoms with Crippen LogP contribution in [0, 0.1) is 0 Å². The first-order chi connectivity index (χ1) is 12.8. The molecule has 1 spiro atoms. The normalized spacial score (nSPS) is 20.5. The van der Waals surface area contributed by atoms with Crippen LogP contribution in [0.1, 0.15) is 24.0 Å². The maximum absolute atomic E-state index is 13.4. The predicted octanol–water partition coefficient (Wildman–Crippen LogP) is 2.40. The Morgan fingerprint density at radius 2 is 1.88 bits per heavy atom. The minimum absolute atomic E-state index is 0.0414. The molecule has 4 heterocycles. The zero-order chi connectivity index (χ0) is 17.6. The number of carbonyl (C=O) groups is 1. The topological polar surface area (TPSA) is 69.7 Å². The number of Topliss-reactive ketones (excluding diaryl/α,β-unsaturated/α-hetero) is 1. The van der Waals surface area contributed by atoms with Gasteiger partial charge in [0.1, 0.15) is 5.76 Å². The van der Waals surface area contributed by atoms with E-state index in [0.29, 0.717) is 35.7 Å². The lowest BCUT2D eigenvalue weighted by Gasteiger charge is -2.32. The van der Waals surface area contributed by atoms with Crippen LogP contribution in [0.5, 0.6) is 11.5 Å². The van der Waals surface area contributed by atoms with Gasteiger partial charge in [0.2, 0.25) is 12.6 Å². The number of carbonyl (C=O) groups excluding carboxylic acids is 1. The zero-order valence-electron chi connectivity index (χ0n) is 14.2. The molecular formula is C20H18N2O4. The summed E-state index contributed by atoms with van der Waals surface area (Å²) in [6.07, 6.45) is 4.72. The SMILES string of the molecule is O=C1C(c2cccnc2)=C(c2ccc3c(c2)OCO3)OC12CCNCC2. The maximum Gasteiger partial charge on any atom is 0.231 e. The van der Waals surface area contributed by atoms with E-state index in [1.54, 1.807) is 12.4 Å². The monoisotopic (exact) mass is 350 g/mol. The molecule has 2 aromatic rings. The third-order valence-electron chi connectivity index (χ3n) is 5.16. The minimum Gasteiger partial charge on any atom is -0.478 e. The van der Waals surface area contributed by atoms with E-state index in [1.165, 1.54) is 0 Å². The van der Waals surface area contributed by atoms with Gasteiger partial charge in [0.25, 0.3) is 0 Å². The summed E-state index contributed by atoms with van der Waals surface area (Å²) in [6, 6.07) is 9.37. The molecule has 0 bridgehead atoms. The second-order valence-corrected chi connectivity index (χ2v) is 6.69. The number of pyridine rings is 1. The highest BCUT2D eigenvalue weighted by atomic mass is 16.7. The second-order valence-electron chi connectivity index (χ2n) is 6.69. The Morgan fingerprint density at radius 1 is 1.04 bits per heavy atom. The highest BCUT2D eigenvalue weighted by Crippen LogP contribution is 2.46. The molecule has 0 saturated carbocycles. The molecule has 1 aromatic carbocycles. The van der Waals surface area contributed by atoms with E-state index in [1.807, 2.05) is 30.3 Å². The summed E-state index contributed by atoms with van der Waals surface area (Å²) in [7, 11) is 0. The molecule has 0 atom stereocenters. The van der Waals surface area contributed by atoms with Crippen molar-refractivity contribution in [1.29, 1.82) is 0 Å². The Morgan fingerprint density at radius 3 is 2.69 bits per heavy atom. The van der Waals surface area contributed by atoms with Crippen LogP contribution in [0.3, 0.4) is 0 Å². The molecule has 0 radical (unpaired) electrons. The highest BCUT2D eigenvalue weighted by Gasteiger charge is 2.50. The van der Waals surface area contributed by atoms with Crippen molar-refractivity contribution in [3.05, 3.63) is 53.9 Å². The lowest BCUT2D eigenvalue weighted by molar-refractivity contribution is -0.130. The Balaban J connectivity index is 1.65. The molecule has 132 valence electrons. The molecule has 0 unspecified atom stereocenters. The Hall–Kier alpha value is -2.86. The summed E-state index contributed by atoms with van der Waals surface area (Å²) in [5.74, 6) is 2.02. The zero-order valence-corrected chi connectivity index (χ0v) is 14.2. The van der Waals surface area contributed by atoms with Crippen molar-refractivity contribution in [3.8, 4) is 11.5 Å². The molecule has 1 N–H and O–H groups in total. The van der Waals surface area contributed by atoms with E-state index < -0.39 is 5.60 Å². The van der Waals surface area contributed by atoms with Gasteiger partial charge < -0.3 is 19.5 Å². The van der Waals surface area contributed by atoms with E-state index >= 15 is 0 Å². The van der Waals surface area contributed by atoms with Crippen molar-refractivity contribution >= 4 is 17.1 Å². The Bertz CT molecular complexity index is 901. The van der Waals surface area contributed by atoms with Crippen molar-refractivity contribution in [3.63, 3.8) is 0 Å². The van der Waals surface area contributed by atoms with E-state index in [4.69, 9.17) is 14.2 Å². The van der Waals surface area contributed by atoms with E-state index in [0.717, 1.165) is 24.2 Å². The molecule has 6 nitrogen and oxygen atoms in total. The molecule has 0 amide bonds. The van der Waals surface area contributed by atoms with Crippen molar-refractivity contribution in [2.45, 2.75) is 18.4 Å². The molecule has 0 aliphatic carbocycles. The van der Waals surface area contributed by atoms with Gasteiger partial charge in [-0.15, -0.1) is 0 Å². The molecule has 3 aliphatic heterocycles. The summed E-state index contributed by atoms with van der Waals surface area (Å²) in [6.45, 7) is 1.74. The highest BCUT2D eigenvalue weighted by molar-refractivity contribution is 6.32. The van der Waals surface area contributed by atoms with Crippen molar-refractivity contribution in [2.24, 2.45) is 0 Å². The number of piperidine rings is 1. The average molecular weight is 350 g/mol. The first kappa shape index (κ1) is 15.4. The van der Waals surface area contributed by atoms with Gasteiger partial charge in [-0.1, -0.05) is 6.07 Å². The standard InChI is InChI=1S/C20H18N2O4/c23-19-17(14-2-1-7-22-11-14)18(26-20(19)5-8-21-9-6-20)13-3-4-15-16(10-13)25-12-24-15/h1-4,7,10-11,21H,5-6,8-9,12H2. The van der Waals surface area contributed by atoms with Gasteiger partial charge >= 0.3 is 0 Å². The summed E-state index contributed by atoms with van der Waals surface area (Å²) < 4.78 is 17.3. The van der Waals surface area contributed by atoms with Crippen molar-refractivity contribution in [2.75, 3.05) is 19.9 Å². The maximum atomic E-state index is 13.4. The summed E-state index contributed by atoms with van der Waals surface area (Å²) in [5.41, 5.74) is 1.40. The third-order valence-corrected chi connectivity index (χ3v) is 5.16. The van der Waals surface area contributed by atoms with Gasteiger partial charge in [0.05, 0.1) is 5.57 Å². The van der Waals surface area contributed by atoms with Gasteiger partial charge in [-0.05, 0) is 37.4 Å². The number of ether oxygens (including phenoxy) is 3. The molecule has 6 heteroatoms. The number of rotatable bonds is 2. The molecule has 26 heavy (non-hydrogen) atoms. The van der Waals surface area contributed by atoms with Gasteiger partial charge in [0, 0.05) is 36.4 Å². The smallest absolute Gasteiger partial charge is 0.231 e. The largest absolute Gasteiger partial charge is 0.478 e. The first-order valence-electron chi connectivity index (χ1n) is 8.76. The van der Waals surface area contributed by atoms with Crippen LogP contribution in [0.15, 0.2) is 42.7 Å². The van der Waals surface area contributed by atoms with E-state index in [-0.39, 0.29) is 12.6 Å². The van der Waals surface area contributed by atoms with E-state index in [9.17, 15) is 4.79 Å². The van der Waals surface area contributed by atoms with Crippen LogP contribution in [0.2, 0.25) is 0 Å². The number of fused-ring (bicyclic) bond motifs is 1. The molecule has 1 saturated heterocycles. The van der Waals surface area contributed by atoms with Gasteiger partial charge in [-0.2, -0.15) is 0 Å². The van der Waals surface area contributed by atoms with Crippen molar-refractivity contribution < 1.29 is 19.0 Å². The van der Waals surface area contributed by atoms with Crippen LogP contribution in [-0.2, 0) is 9.53 Å². The lowest BCUT2D eigenvalue weighted by Crippen LogP contribution is -2.47. The van der Waals surface area contributed by atoms with Gasteiger partial charge in [0.15, 0.2) is 17.1 Å². The lowest BCUT2D eigenvalue weighted by atomic mass is 9.84. The Kier molecular flexibility index (Phi) is 3.46. The fraction of sp³-hybridized carbons (Fsp3) is 0.300. The first-order valence-corrected chi connectivity index (χ1v) is 8.76. The molecular weight excluding hydrogens is 332 g/mol. The average Bonchev–Trinajstić information content (AvgIpc) is 3.26.